The van der Waals surface area contributed by atoms with Gasteiger partial charge in [-0.25, -0.2) is 8.42 Å². The van der Waals surface area contributed by atoms with Crippen LogP contribution in [0.5, 0.6) is 0 Å². The fourth-order valence-corrected chi connectivity index (χ4v) is 6.29. The molecule has 2 atom stereocenters. The van der Waals surface area contributed by atoms with Crippen LogP contribution in [0, 0.1) is 11.8 Å². The number of carbonyl (C=O) groups excluding carboxylic acids is 3. The summed E-state index contributed by atoms with van der Waals surface area (Å²) in [5.74, 6) is -3.02. The van der Waals surface area contributed by atoms with Gasteiger partial charge in [0.05, 0.1) is 36.7 Å². The van der Waals surface area contributed by atoms with Crippen LogP contribution in [0.15, 0.2) is 34.9 Å². The van der Waals surface area contributed by atoms with Crippen molar-refractivity contribution in [3.05, 3.63) is 36.2 Å². The van der Waals surface area contributed by atoms with E-state index in [4.69, 9.17) is 9.26 Å². The molecule has 1 saturated carbocycles. The van der Waals surface area contributed by atoms with Crippen molar-refractivity contribution < 1.29 is 32.1 Å². The van der Waals surface area contributed by atoms with Crippen molar-refractivity contribution in [1.82, 2.24) is 20.4 Å². The van der Waals surface area contributed by atoms with Gasteiger partial charge in [0.2, 0.25) is 23.4 Å². The molecular weight excluding hydrogens is 500 g/mol. The molecule has 1 aliphatic heterocycles. The molecule has 1 aliphatic carbocycles. The number of Topliss-reactive ketones (excluding diaryl/α,β-unsaturated/α-hetero) is 1. The molecule has 12 heteroatoms. The Morgan fingerprint density at radius 1 is 1.14 bits per heavy atom. The van der Waals surface area contributed by atoms with Crippen LogP contribution in [0.3, 0.4) is 0 Å². The van der Waals surface area contributed by atoms with Gasteiger partial charge in [0.15, 0.2) is 9.84 Å². The van der Waals surface area contributed by atoms with Crippen molar-refractivity contribution in [1.29, 1.82) is 0 Å². The van der Waals surface area contributed by atoms with Gasteiger partial charge in [-0.05, 0) is 25.2 Å². The van der Waals surface area contributed by atoms with E-state index < -0.39 is 39.2 Å². The molecular formula is C25H32N4O7S. The van der Waals surface area contributed by atoms with Gasteiger partial charge in [-0.3, -0.25) is 14.4 Å². The van der Waals surface area contributed by atoms with E-state index >= 15 is 0 Å². The highest BCUT2D eigenvalue weighted by molar-refractivity contribution is 7.91. The number of nitrogens with zero attached hydrogens (tertiary/aromatic N) is 3. The van der Waals surface area contributed by atoms with Gasteiger partial charge in [0.1, 0.15) is 0 Å². The van der Waals surface area contributed by atoms with Gasteiger partial charge in [-0.1, -0.05) is 42.4 Å². The van der Waals surface area contributed by atoms with E-state index in [0.717, 1.165) is 12.8 Å². The lowest BCUT2D eigenvalue weighted by molar-refractivity contribution is -0.139. The van der Waals surface area contributed by atoms with E-state index in [1.165, 1.54) is 0 Å². The number of ketones is 1. The molecule has 0 bridgehead atoms. The van der Waals surface area contributed by atoms with Crippen LogP contribution in [0.4, 0.5) is 0 Å². The number of hydrogen-bond acceptors (Lipinski definition) is 9. The van der Waals surface area contributed by atoms with Crippen molar-refractivity contribution in [3.63, 3.8) is 0 Å². The molecule has 1 aromatic heterocycles. The smallest absolute Gasteiger partial charge is 0.296 e. The number of carbonyl (C=O) groups is 3. The maximum absolute atomic E-state index is 13.3. The van der Waals surface area contributed by atoms with E-state index in [1.807, 2.05) is 6.07 Å². The SMILES string of the molecule is CCC(NC(=O)C(CC(=O)N1CCOCC1)CS(=O)(=O)CC1CC1)C(=O)c1nc(-c2ccccc2)no1. The highest BCUT2D eigenvalue weighted by Gasteiger charge is 2.36. The molecule has 1 aromatic carbocycles. The number of hydrogen-bond donors (Lipinski definition) is 1. The molecule has 200 valence electrons. The molecule has 2 aromatic rings. The molecule has 2 amide bonds. The first kappa shape index (κ1) is 26.9. The first-order valence-electron chi connectivity index (χ1n) is 12.6. The molecule has 1 saturated heterocycles. The number of morpholine rings is 1. The molecule has 0 radical (unpaired) electrons. The monoisotopic (exact) mass is 532 g/mol. The highest BCUT2D eigenvalue weighted by atomic mass is 32.2. The van der Waals surface area contributed by atoms with E-state index in [0.29, 0.717) is 31.9 Å². The van der Waals surface area contributed by atoms with Crippen LogP contribution >= 0.6 is 0 Å². The summed E-state index contributed by atoms with van der Waals surface area (Å²) in [4.78, 5) is 45.0. The van der Waals surface area contributed by atoms with Crippen molar-refractivity contribution in [2.75, 3.05) is 37.8 Å². The predicted octanol–water partition coefficient (Wildman–Crippen LogP) is 1.50. The molecule has 0 spiro atoms. The van der Waals surface area contributed by atoms with Crippen molar-refractivity contribution >= 4 is 27.4 Å². The third-order valence-electron chi connectivity index (χ3n) is 6.51. The van der Waals surface area contributed by atoms with Gasteiger partial charge in [-0.2, -0.15) is 4.98 Å². The molecule has 2 fully saturated rings. The quantitative estimate of drug-likeness (QED) is 0.401. The van der Waals surface area contributed by atoms with Crippen LogP contribution in [0.25, 0.3) is 11.4 Å². The molecule has 4 rings (SSSR count). The first-order valence-corrected chi connectivity index (χ1v) is 14.4. The van der Waals surface area contributed by atoms with Crippen LogP contribution in [-0.4, -0.2) is 84.9 Å². The number of nitrogens with one attached hydrogen (secondary N) is 1. The summed E-state index contributed by atoms with van der Waals surface area (Å²) in [6.45, 7) is 3.27. The Morgan fingerprint density at radius 3 is 2.49 bits per heavy atom. The molecule has 2 unspecified atom stereocenters. The lowest BCUT2D eigenvalue weighted by atomic mass is 10.0. The summed E-state index contributed by atoms with van der Waals surface area (Å²) in [6, 6.07) is 7.98. The Kier molecular flexibility index (Phi) is 8.70. The van der Waals surface area contributed by atoms with Gasteiger partial charge >= 0.3 is 0 Å². The number of benzene rings is 1. The summed E-state index contributed by atoms with van der Waals surface area (Å²) in [5.41, 5.74) is 0.671. The van der Waals surface area contributed by atoms with Crippen molar-refractivity contribution in [2.45, 2.75) is 38.6 Å². The summed E-state index contributed by atoms with van der Waals surface area (Å²) in [7, 11) is -3.56. The zero-order valence-corrected chi connectivity index (χ0v) is 21.6. The Balaban J connectivity index is 1.46. The highest BCUT2D eigenvalue weighted by Crippen LogP contribution is 2.31. The minimum absolute atomic E-state index is 0.00289. The van der Waals surface area contributed by atoms with E-state index in [2.05, 4.69) is 15.5 Å². The van der Waals surface area contributed by atoms with Crippen LogP contribution in [-0.2, 0) is 24.2 Å². The summed E-state index contributed by atoms with van der Waals surface area (Å²) in [6.07, 6.45) is 1.65. The Morgan fingerprint density at radius 2 is 1.84 bits per heavy atom. The Hall–Kier alpha value is -3.12. The first-order chi connectivity index (χ1) is 17.8. The fraction of sp³-hybridized carbons (Fsp3) is 0.560. The number of amides is 2. The molecule has 2 heterocycles. The number of sulfone groups is 1. The average Bonchev–Trinajstić information content (AvgIpc) is 3.56. The third kappa shape index (κ3) is 7.45. The van der Waals surface area contributed by atoms with Crippen LogP contribution < -0.4 is 5.32 Å². The zero-order valence-electron chi connectivity index (χ0n) is 20.8. The lowest BCUT2D eigenvalue weighted by Crippen LogP contribution is -2.47. The van der Waals surface area contributed by atoms with Crippen molar-refractivity contribution in [3.8, 4) is 11.4 Å². The zero-order chi connectivity index (χ0) is 26.4. The minimum atomic E-state index is -3.56. The lowest BCUT2D eigenvalue weighted by Gasteiger charge is -2.28. The minimum Gasteiger partial charge on any atom is -0.378 e. The maximum Gasteiger partial charge on any atom is 0.296 e. The van der Waals surface area contributed by atoms with E-state index in [-0.39, 0.29) is 42.1 Å². The van der Waals surface area contributed by atoms with Crippen LogP contribution in [0.1, 0.15) is 43.3 Å². The van der Waals surface area contributed by atoms with Gasteiger partial charge in [-0.15, -0.1) is 0 Å². The van der Waals surface area contributed by atoms with Gasteiger partial charge in [0.25, 0.3) is 5.89 Å². The summed E-state index contributed by atoms with van der Waals surface area (Å²) >= 11 is 0. The topological polar surface area (TPSA) is 149 Å². The third-order valence-corrected chi connectivity index (χ3v) is 8.40. The number of ether oxygens (including phenoxy) is 1. The second kappa shape index (κ2) is 12.0. The molecule has 11 nitrogen and oxygen atoms in total. The second-order valence-corrected chi connectivity index (χ2v) is 11.7. The molecule has 1 N–H and O–H groups in total. The number of rotatable bonds is 12. The Labute approximate surface area is 215 Å². The number of aromatic nitrogens is 2. The Bertz CT molecular complexity index is 1200. The fourth-order valence-electron chi connectivity index (χ4n) is 4.22. The standard InChI is InChI=1S/C25H32N4O7S/c1-2-20(22(31)25-27-23(28-36-25)18-6-4-3-5-7-18)26-24(32)19(16-37(33,34)15-17-8-9-17)14-21(30)29-10-12-35-13-11-29/h3-7,17,19-20H,2,8-16H2,1H3,(H,26,32). The summed E-state index contributed by atoms with van der Waals surface area (Å²) < 4.78 is 36.0. The summed E-state index contributed by atoms with van der Waals surface area (Å²) in [5, 5.41) is 6.49. The second-order valence-electron chi connectivity index (χ2n) is 9.54. The maximum atomic E-state index is 13.3. The van der Waals surface area contributed by atoms with E-state index in [9.17, 15) is 22.8 Å². The van der Waals surface area contributed by atoms with Crippen LogP contribution in [0.2, 0.25) is 0 Å². The predicted molar refractivity (Wildman–Crippen MR) is 133 cm³/mol. The normalized spacial score (nSPS) is 17.7. The molecule has 2 aliphatic rings. The van der Waals surface area contributed by atoms with E-state index in [1.54, 1.807) is 36.1 Å². The average molecular weight is 533 g/mol. The molecule has 37 heavy (non-hydrogen) atoms. The largest absolute Gasteiger partial charge is 0.378 e. The van der Waals surface area contributed by atoms with Crippen molar-refractivity contribution in [2.24, 2.45) is 11.8 Å². The van der Waals surface area contributed by atoms with Gasteiger partial charge in [0, 0.05) is 25.1 Å². The van der Waals surface area contributed by atoms with Gasteiger partial charge < -0.3 is 19.5 Å².